The van der Waals surface area contributed by atoms with Gasteiger partial charge in [-0.05, 0) is 30.7 Å². The van der Waals surface area contributed by atoms with Gasteiger partial charge in [-0.25, -0.2) is 0 Å². The molecule has 0 fully saturated rings. The van der Waals surface area contributed by atoms with Crippen molar-refractivity contribution in [3.05, 3.63) is 33.8 Å². The van der Waals surface area contributed by atoms with E-state index < -0.39 is 17.8 Å². The predicted molar refractivity (Wildman–Crippen MR) is 51.7 cm³/mol. The fraction of sp³-hybridized carbons (Fsp3) is 0.333. The molecule has 1 aromatic carbocycles. The van der Waals surface area contributed by atoms with Crippen molar-refractivity contribution in [1.29, 1.82) is 0 Å². The van der Waals surface area contributed by atoms with E-state index in [0.717, 1.165) is 12.1 Å². The summed E-state index contributed by atoms with van der Waals surface area (Å²) < 4.78 is 37.5. The Hall–Kier alpha value is -0.550. The first-order valence-corrected chi connectivity index (χ1v) is 4.74. The van der Waals surface area contributed by atoms with Gasteiger partial charge in [-0.2, -0.15) is 13.2 Å². The van der Waals surface area contributed by atoms with Crippen LogP contribution < -0.4 is 5.73 Å². The molecule has 0 spiro atoms. The van der Waals surface area contributed by atoms with Gasteiger partial charge in [0, 0.05) is 10.5 Å². The van der Waals surface area contributed by atoms with Crippen LogP contribution in [0.4, 0.5) is 13.2 Å². The Balaban J connectivity index is 3.20. The summed E-state index contributed by atoms with van der Waals surface area (Å²) in [5, 5.41) is 0. The molecule has 0 heterocycles. The zero-order valence-corrected chi connectivity index (χ0v) is 8.98. The lowest BCUT2D eigenvalue weighted by atomic mass is 10.1. The quantitative estimate of drug-likeness (QED) is 0.828. The third kappa shape index (κ3) is 2.48. The van der Waals surface area contributed by atoms with Crippen LogP contribution in [0.2, 0.25) is 0 Å². The maximum atomic E-state index is 12.3. The Morgan fingerprint density at radius 1 is 1.36 bits per heavy atom. The number of benzene rings is 1. The van der Waals surface area contributed by atoms with E-state index in [1.165, 1.54) is 6.07 Å². The van der Waals surface area contributed by atoms with Gasteiger partial charge in [-0.1, -0.05) is 15.9 Å². The van der Waals surface area contributed by atoms with Gasteiger partial charge in [-0.15, -0.1) is 0 Å². The van der Waals surface area contributed by atoms with Crippen LogP contribution in [0.1, 0.15) is 24.1 Å². The maximum absolute atomic E-state index is 12.3. The molecule has 1 nitrogen and oxygen atoms in total. The summed E-state index contributed by atoms with van der Waals surface area (Å²) in [6, 6.07) is 3.03. The molecule has 0 aliphatic carbocycles. The Morgan fingerprint density at radius 2 is 1.93 bits per heavy atom. The number of nitrogens with two attached hydrogens (primary N) is 1. The monoisotopic (exact) mass is 267 g/mol. The van der Waals surface area contributed by atoms with E-state index in [1.807, 2.05) is 0 Å². The summed E-state index contributed by atoms with van der Waals surface area (Å²) in [7, 11) is 0. The molecule has 5 heteroatoms. The Labute approximate surface area is 88.2 Å². The summed E-state index contributed by atoms with van der Waals surface area (Å²) in [5.41, 5.74) is 5.31. The lowest BCUT2D eigenvalue weighted by Gasteiger charge is -2.12. The van der Waals surface area contributed by atoms with Crippen LogP contribution in [0.25, 0.3) is 0 Å². The molecule has 0 bridgehead atoms. The molecule has 1 atom stereocenters. The minimum Gasteiger partial charge on any atom is -0.324 e. The first kappa shape index (κ1) is 11.5. The fourth-order valence-corrected chi connectivity index (χ4v) is 1.68. The smallest absolute Gasteiger partial charge is 0.324 e. The standard InChI is InChI=1S/C9H9BrF3N/c1-5(14)7-4-6(9(11,12)13)2-3-8(7)10/h2-5H,14H2,1H3/t5-/m0/s1. The normalized spacial score (nSPS) is 14.1. The van der Waals surface area contributed by atoms with Gasteiger partial charge in [-0.3, -0.25) is 0 Å². The van der Waals surface area contributed by atoms with Crippen molar-refractivity contribution in [2.75, 3.05) is 0 Å². The van der Waals surface area contributed by atoms with Gasteiger partial charge in [0.25, 0.3) is 0 Å². The lowest BCUT2D eigenvalue weighted by Crippen LogP contribution is -2.10. The summed E-state index contributed by atoms with van der Waals surface area (Å²) in [6.07, 6.45) is -4.32. The van der Waals surface area contributed by atoms with Crippen molar-refractivity contribution in [3.8, 4) is 0 Å². The van der Waals surface area contributed by atoms with Crippen molar-refractivity contribution in [3.63, 3.8) is 0 Å². The topological polar surface area (TPSA) is 26.0 Å². The highest BCUT2D eigenvalue weighted by atomic mass is 79.9. The van der Waals surface area contributed by atoms with Crippen LogP contribution in [-0.4, -0.2) is 0 Å². The Bertz CT molecular complexity index is 333. The summed E-state index contributed by atoms with van der Waals surface area (Å²) in [4.78, 5) is 0. The predicted octanol–water partition coefficient (Wildman–Crippen LogP) is 3.49. The van der Waals surface area contributed by atoms with Crippen molar-refractivity contribution < 1.29 is 13.2 Å². The molecule has 1 rings (SSSR count). The fourth-order valence-electron chi connectivity index (χ4n) is 1.07. The summed E-state index contributed by atoms with van der Waals surface area (Å²) in [5.74, 6) is 0. The second-order valence-corrected chi connectivity index (χ2v) is 3.88. The highest BCUT2D eigenvalue weighted by Gasteiger charge is 2.31. The van der Waals surface area contributed by atoms with Gasteiger partial charge >= 0.3 is 6.18 Å². The molecule has 78 valence electrons. The average Bonchev–Trinajstić information content (AvgIpc) is 2.02. The van der Waals surface area contributed by atoms with Crippen LogP contribution in [0, 0.1) is 0 Å². The highest BCUT2D eigenvalue weighted by molar-refractivity contribution is 9.10. The zero-order valence-electron chi connectivity index (χ0n) is 7.40. The van der Waals surface area contributed by atoms with Crippen molar-refractivity contribution in [1.82, 2.24) is 0 Å². The molecule has 2 N–H and O–H groups in total. The molecule has 0 aromatic heterocycles. The van der Waals surface area contributed by atoms with E-state index in [1.54, 1.807) is 6.92 Å². The van der Waals surface area contributed by atoms with E-state index in [4.69, 9.17) is 5.73 Å². The number of hydrogen-bond acceptors (Lipinski definition) is 1. The highest BCUT2D eigenvalue weighted by Crippen LogP contribution is 2.33. The van der Waals surface area contributed by atoms with Gasteiger partial charge in [0.1, 0.15) is 0 Å². The molecule has 0 saturated heterocycles. The molecule has 14 heavy (non-hydrogen) atoms. The third-order valence-electron chi connectivity index (χ3n) is 1.81. The average molecular weight is 268 g/mol. The van der Waals surface area contributed by atoms with E-state index in [9.17, 15) is 13.2 Å². The van der Waals surface area contributed by atoms with E-state index in [2.05, 4.69) is 15.9 Å². The molecular formula is C9H9BrF3N. The molecule has 0 unspecified atom stereocenters. The first-order chi connectivity index (χ1) is 6.32. The number of halogens is 4. The molecule has 1 aromatic rings. The van der Waals surface area contributed by atoms with E-state index in [0.29, 0.717) is 10.0 Å². The maximum Gasteiger partial charge on any atom is 0.416 e. The minimum atomic E-state index is -4.32. The lowest BCUT2D eigenvalue weighted by molar-refractivity contribution is -0.137. The van der Waals surface area contributed by atoms with Crippen LogP contribution in [0.5, 0.6) is 0 Å². The molecule has 0 aliphatic heterocycles. The van der Waals surface area contributed by atoms with E-state index in [-0.39, 0.29) is 0 Å². The second-order valence-electron chi connectivity index (χ2n) is 3.02. The second kappa shape index (κ2) is 3.90. The SMILES string of the molecule is C[C@H](N)c1cc(C(F)(F)F)ccc1Br. The first-order valence-electron chi connectivity index (χ1n) is 3.94. The molecule has 0 radical (unpaired) electrons. The number of rotatable bonds is 1. The largest absolute Gasteiger partial charge is 0.416 e. The van der Waals surface area contributed by atoms with Gasteiger partial charge in [0.2, 0.25) is 0 Å². The molecular weight excluding hydrogens is 259 g/mol. The van der Waals surface area contributed by atoms with Crippen molar-refractivity contribution in [2.45, 2.75) is 19.1 Å². The van der Waals surface area contributed by atoms with E-state index >= 15 is 0 Å². The molecule has 0 saturated carbocycles. The summed E-state index contributed by atoms with van der Waals surface area (Å²) >= 11 is 3.15. The van der Waals surface area contributed by atoms with Crippen LogP contribution in [0.15, 0.2) is 22.7 Å². The molecule has 0 amide bonds. The van der Waals surface area contributed by atoms with Gasteiger partial charge < -0.3 is 5.73 Å². The Kier molecular flexibility index (Phi) is 3.21. The zero-order chi connectivity index (χ0) is 10.9. The Morgan fingerprint density at radius 3 is 2.36 bits per heavy atom. The third-order valence-corrected chi connectivity index (χ3v) is 2.54. The number of alkyl halides is 3. The van der Waals surface area contributed by atoms with Crippen molar-refractivity contribution >= 4 is 15.9 Å². The van der Waals surface area contributed by atoms with Gasteiger partial charge in [0.05, 0.1) is 5.56 Å². The van der Waals surface area contributed by atoms with Gasteiger partial charge in [0.15, 0.2) is 0 Å². The summed E-state index contributed by atoms with van der Waals surface area (Å²) in [6.45, 7) is 1.64. The minimum absolute atomic E-state index is 0.424. The van der Waals surface area contributed by atoms with Crippen LogP contribution >= 0.6 is 15.9 Å². The van der Waals surface area contributed by atoms with Crippen molar-refractivity contribution in [2.24, 2.45) is 5.73 Å². The van der Waals surface area contributed by atoms with Crippen LogP contribution in [0.3, 0.4) is 0 Å². The van der Waals surface area contributed by atoms with Crippen LogP contribution in [-0.2, 0) is 6.18 Å². The number of hydrogen-bond donors (Lipinski definition) is 1. The molecule has 0 aliphatic rings.